The summed E-state index contributed by atoms with van der Waals surface area (Å²) in [6.45, 7) is 2.21. The summed E-state index contributed by atoms with van der Waals surface area (Å²) in [7, 11) is 0. The Kier molecular flexibility index (Phi) is 6.46. The number of amides is 3. The first-order valence-corrected chi connectivity index (χ1v) is 9.13. The molecule has 160 valence electrons. The third-order valence-electron chi connectivity index (χ3n) is 4.34. The lowest BCUT2D eigenvalue weighted by Gasteiger charge is -2.19. The van der Waals surface area contributed by atoms with E-state index in [-0.39, 0.29) is 6.54 Å². The van der Waals surface area contributed by atoms with Crippen molar-refractivity contribution in [1.29, 1.82) is 0 Å². The molecule has 2 aromatic rings. The average Bonchev–Trinajstić information content (AvgIpc) is 2.71. The second-order valence-corrected chi connectivity index (χ2v) is 6.59. The number of hydrogen-bond donors (Lipinski definition) is 3. The number of fused-ring (bicyclic) bond motifs is 1. The van der Waals surface area contributed by atoms with Gasteiger partial charge in [-0.25, -0.2) is 4.79 Å². The van der Waals surface area contributed by atoms with Crippen molar-refractivity contribution in [2.24, 2.45) is 0 Å². The Bertz CT molecular complexity index is 934. The van der Waals surface area contributed by atoms with Gasteiger partial charge in [0, 0.05) is 17.8 Å². The van der Waals surface area contributed by atoms with Gasteiger partial charge in [-0.05, 0) is 36.8 Å². The molecule has 2 aromatic carbocycles. The van der Waals surface area contributed by atoms with Crippen LogP contribution in [0.4, 0.5) is 23.7 Å². The second-order valence-electron chi connectivity index (χ2n) is 6.59. The summed E-state index contributed by atoms with van der Waals surface area (Å²) in [4.78, 5) is 24.0. The third kappa shape index (κ3) is 5.63. The number of carbonyl (C=O) groups excluding carboxylic acids is 2. The van der Waals surface area contributed by atoms with Crippen molar-refractivity contribution in [2.75, 3.05) is 25.1 Å². The molecule has 0 saturated heterocycles. The van der Waals surface area contributed by atoms with Crippen LogP contribution in [0.25, 0.3) is 0 Å². The number of imide groups is 1. The molecule has 1 atom stereocenters. The Hall–Kier alpha value is -3.27. The van der Waals surface area contributed by atoms with Gasteiger partial charge < -0.3 is 20.1 Å². The van der Waals surface area contributed by atoms with E-state index in [0.717, 1.165) is 12.1 Å². The van der Waals surface area contributed by atoms with Gasteiger partial charge in [-0.2, -0.15) is 13.2 Å². The van der Waals surface area contributed by atoms with Gasteiger partial charge in [0.2, 0.25) is 5.91 Å². The molecule has 0 saturated carbocycles. The van der Waals surface area contributed by atoms with Crippen LogP contribution in [0.15, 0.2) is 42.5 Å². The number of carbonyl (C=O) groups is 2. The van der Waals surface area contributed by atoms with E-state index in [1.165, 1.54) is 12.1 Å². The first kappa shape index (κ1) is 21.4. The summed E-state index contributed by atoms with van der Waals surface area (Å²) in [5.74, 6) is 0.418. The Morgan fingerprint density at radius 2 is 1.80 bits per heavy atom. The van der Waals surface area contributed by atoms with E-state index in [1.54, 1.807) is 25.1 Å². The molecule has 3 amide bonds. The first-order chi connectivity index (χ1) is 14.2. The lowest BCUT2D eigenvalue weighted by Crippen LogP contribution is -2.40. The van der Waals surface area contributed by atoms with Crippen molar-refractivity contribution < 1.29 is 32.2 Å². The zero-order valence-electron chi connectivity index (χ0n) is 16.0. The number of benzene rings is 2. The summed E-state index contributed by atoms with van der Waals surface area (Å²) in [5, 5.41) is 7.45. The van der Waals surface area contributed by atoms with E-state index in [4.69, 9.17) is 9.47 Å². The maximum Gasteiger partial charge on any atom is 0.416 e. The number of ether oxygens (including phenoxy) is 2. The average molecular weight is 423 g/mol. The highest BCUT2D eigenvalue weighted by molar-refractivity contribution is 6.01. The summed E-state index contributed by atoms with van der Waals surface area (Å²) in [5.41, 5.74) is 0.0186. The van der Waals surface area contributed by atoms with Crippen LogP contribution < -0.4 is 25.4 Å². The Labute approximate surface area is 170 Å². The van der Waals surface area contributed by atoms with Gasteiger partial charge in [-0.1, -0.05) is 12.1 Å². The lowest BCUT2D eigenvalue weighted by molar-refractivity contribution is -0.137. The van der Waals surface area contributed by atoms with Gasteiger partial charge in [0.25, 0.3) is 0 Å². The number of nitrogens with one attached hydrogen (secondary N) is 3. The predicted molar refractivity (Wildman–Crippen MR) is 102 cm³/mol. The summed E-state index contributed by atoms with van der Waals surface area (Å²) in [6, 6.07) is 8.37. The number of anilines is 1. The standard InChI is InChI=1S/C20H20F3N3O4/c1-12(13-3-2-4-14(9-13)20(21,22)23)24-11-18(27)26-19(28)25-15-5-6-16-17(10-15)30-8-7-29-16/h2-6,9-10,12,24H,7-8,11H2,1H3,(H2,25,26,27,28)/t12-/m1/s1. The van der Waals surface area contributed by atoms with E-state index in [9.17, 15) is 22.8 Å². The van der Waals surface area contributed by atoms with Crippen molar-refractivity contribution in [1.82, 2.24) is 10.6 Å². The van der Waals surface area contributed by atoms with Crippen LogP contribution in [0.2, 0.25) is 0 Å². The van der Waals surface area contributed by atoms with Gasteiger partial charge in [0.1, 0.15) is 13.2 Å². The highest BCUT2D eigenvalue weighted by Crippen LogP contribution is 2.32. The second kappa shape index (κ2) is 9.04. The van der Waals surface area contributed by atoms with Crippen LogP contribution in [-0.2, 0) is 11.0 Å². The molecule has 1 aliphatic rings. The molecular weight excluding hydrogens is 403 g/mol. The fourth-order valence-electron chi connectivity index (χ4n) is 2.80. The van der Waals surface area contributed by atoms with Gasteiger partial charge in [-0.15, -0.1) is 0 Å². The zero-order chi connectivity index (χ0) is 21.7. The minimum atomic E-state index is -4.45. The molecule has 3 N–H and O–H groups in total. The number of alkyl halides is 3. The number of hydrogen-bond acceptors (Lipinski definition) is 5. The molecule has 3 rings (SSSR count). The van der Waals surface area contributed by atoms with Crippen LogP contribution >= 0.6 is 0 Å². The van der Waals surface area contributed by atoms with Gasteiger partial charge in [0.05, 0.1) is 12.1 Å². The molecule has 10 heteroatoms. The predicted octanol–water partition coefficient (Wildman–Crippen LogP) is 3.48. The molecule has 0 aromatic heterocycles. The van der Waals surface area contributed by atoms with Crippen LogP contribution in [0.5, 0.6) is 11.5 Å². The Morgan fingerprint density at radius 1 is 1.07 bits per heavy atom. The molecule has 7 nitrogen and oxygen atoms in total. The van der Waals surface area contributed by atoms with Crippen LogP contribution in [0.3, 0.4) is 0 Å². The highest BCUT2D eigenvalue weighted by atomic mass is 19.4. The topological polar surface area (TPSA) is 88.7 Å². The van der Waals surface area contributed by atoms with Crippen molar-refractivity contribution in [2.45, 2.75) is 19.1 Å². The largest absolute Gasteiger partial charge is 0.486 e. The molecule has 0 spiro atoms. The van der Waals surface area contributed by atoms with E-state index in [2.05, 4.69) is 16.0 Å². The lowest BCUT2D eigenvalue weighted by atomic mass is 10.0. The van der Waals surface area contributed by atoms with Gasteiger partial charge in [0.15, 0.2) is 11.5 Å². The van der Waals surface area contributed by atoms with Crippen molar-refractivity contribution in [3.63, 3.8) is 0 Å². The molecular formula is C20H20F3N3O4. The summed E-state index contributed by atoms with van der Waals surface area (Å²) >= 11 is 0. The number of halogens is 3. The minimum Gasteiger partial charge on any atom is -0.486 e. The molecule has 1 heterocycles. The maximum absolute atomic E-state index is 12.8. The van der Waals surface area contributed by atoms with Crippen LogP contribution in [-0.4, -0.2) is 31.7 Å². The minimum absolute atomic E-state index is 0.258. The summed E-state index contributed by atoms with van der Waals surface area (Å²) in [6.07, 6.45) is -4.45. The van der Waals surface area contributed by atoms with E-state index >= 15 is 0 Å². The van der Waals surface area contributed by atoms with Gasteiger partial charge >= 0.3 is 12.2 Å². The number of urea groups is 1. The Balaban J connectivity index is 1.49. The molecule has 30 heavy (non-hydrogen) atoms. The van der Waals surface area contributed by atoms with Crippen molar-refractivity contribution >= 4 is 17.6 Å². The zero-order valence-corrected chi connectivity index (χ0v) is 16.0. The molecule has 0 unspecified atom stereocenters. The smallest absolute Gasteiger partial charge is 0.416 e. The number of rotatable bonds is 5. The van der Waals surface area contributed by atoms with Crippen molar-refractivity contribution in [3.05, 3.63) is 53.6 Å². The molecule has 0 radical (unpaired) electrons. The first-order valence-electron chi connectivity index (χ1n) is 9.13. The van der Waals surface area contributed by atoms with E-state index in [1.807, 2.05) is 0 Å². The quantitative estimate of drug-likeness (QED) is 0.685. The molecule has 0 bridgehead atoms. The third-order valence-corrected chi connectivity index (χ3v) is 4.34. The monoisotopic (exact) mass is 423 g/mol. The molecule has 0 fully saturated rings. The normalized spacial score (nSPS) is 14.0. The maximum atomic E-state index is 12.8. The SMILES string of the molecule is C[C@@H](NCC(=O)NC(=O)Nc1ccc2c(c1)OCCO2)c1cccc(C(F)(F)F)c1. The van der Waals surface area contributed by atoms with Crippen LogP contribution in [0, 0.1) is 0 Å². The molecule has 1 aliphatic heterocycles. The van der Waals surface area contributed by atoms with Crippen molar-refractivity contribution in [3.8, 4) is 11.5 Å². The fourth-order valence-corrected chi connectivity index (χ4v) is 2.80. The highest BCUT2D eigenvalue weighted by Gasteiger charge is 2.30. The van der Waals surface area contributed by atoms with E-state index < -0.39 is 29.7 Å². The fraction of sp³-hybridized carbons (Fsp3) is 0.300. The molecule has 0 aliphatic carbocycles. The van der Waals surface area contributed by atoms with Crippen LogP contribution in [0.1, 0.15) is 24.1 Å². The Morgan fingerprint density at radius 3 is 2.53 bits per heavy atom. The van der Waals surface area contributed by atoms with E-state index in [0.29, 0.717) is 36.0 Å². The van der Waals surface area contributed by atoms with Gasteiger partial charge in [-0.3, -0.25) is 10.1 Å². The summed E-state index contributed by atoms with van der Waals surface area (Å²) < 4.78 is 49.3.